The van der Waals surface area contributed by atoms with Gasteiger partial charge < -0.3 is 9.47 Å². The van der Waals surface area contributed by atoms with E-state index in [0.29, 0.717) is 18.8 Å². The van der Waals surface area contributed by atoms with Crippen LogP contribution >= 0.6 is 0 Å². The molecule has 1 fully saturated rings. The third-order valence-electron chi connectivity index (χ3n) is 7.19. The Morgan fingerprint density at radius 2 is 1.62 bits per heavy atom. The minimum absolute atomic E-state index is 0.100. The standard InChI is InChI=1S/C29H40O4S/c1-8-29(9-2,23-11-10-22(20(3)16-23)19-34(31)28(5,6)7)24-12-14-26(21(4)17-24)32-18-25-13-15-27(30)33-25/h10-12,14,16-17,25H,8-9,13,15,18-19H2,1-7H3. The molecule has 5 heteroatoms. The topological polar surface area (TPSA) is 52.6 Å². The zero-order valence-electron chi connectivity index (χ0n) is 21.8. The molecule has 1 heterocycles. The number of aryl methyl sites for hydroxylation is 2. The normalized spacial score (nSPS) is 17.5. The van der Waals surface area contributed by atoms with Gasteiger partial charge in [-0.2, -0.15) is 0 Å². The molecule has 0 amide bonds. The van der Waals surface area contributed by atoms with Crippen LogP contribution in [0.4, 0.5) is 0 Å². The van der Waals surface area contributed by atoms with Crippen molar-refractivity contribution in [1.29, 1.82) is 0 Å². The minimum atomic E-state index is -0.918. The smallest absolute Gasteiger partial charge is 0.306 e. The van der Waals surface area contributed by atoms with Gasteiger partial charge >= 0.3 is 5.97 Å². The van der Waals surface area contributed by atoms with E-state index in [1.54, 1.807) is 0 Å². The first-order chi connectivity index (χ1) is 16.0. The van der Waals surface area contributed by atoms with E-state index in [2.05, 4.69) is 64.1 Å². The third kappa shape index (κ3) is 5.73. The van der Waals surface area contributed by atoms with Gasteiger partial charge in [-0.05, 0) is 87.8 Å². The van der Waals surface area contributed by atoms with Crippen molar-refractivity contribution < 1.29 is 18.5 Å². The van der Waals surface area contributed by atoms with E-state index in [0.717, 1.165) is 36.1 Å². The number of ether oxygens (including phenoxy) is 2. The summed E-state index contributed by atoms with van der Waals surface area (Å²) in [6.45, 7) is 15.2. The first kappa shape index (κ1) is 26.5. The van der Waals surface area contributed by atoms with Crippen molar-refractivity contribution in [3.8, 4) is 5.75 Å². The fraction of sp³-hybridized carbons (Fsp3) is 0.552. The number of cyclic esters (lactones) is 1. The minimum Gasteiger partial charge on any atom is -0.489 e. The molecule has 0 N–H and O–H groups in total. The summed E-state index contributed by atoms with van der Waals surface area (Å²) in [5.41, 5.74) is 5.92. The molecule has 3 rings (SSSR count). The monoisotopic (exact) mass is 484 g/mol. The molecule has 2 aromatic rings. The molecule has 0 bridgehead atoms. The van der Waals surface area contributed by atoms with Crippen LogP contribution in [0.3, 0.4) is 0 Å². The van der Waals surface area contributed by atoms with E-state index in [1.807, 2.05) is 20.8 Å². The number of hydrogen-bond acceptors (Lipinski definition) is 4. The highest BCUT2D eigenvalue weighted by molar-refractivity contribution is 7.85. The zero-order valence-corrected chi connectivity index (χ0v) is 22.6. The lowest BCUT2D eigenvalue weighted by Crippen LogP contribution is -2.27. The molecular weight excluding hydrogens is 444 g/mol. The van der Waals surface area contributed by atoms with Gasteiger partial charge in [0.1, 0.15) is 18.5 Å². The van der Waals surface area contributed by atoms with Gasteiger partial charge in [0.05, 0.1) is 0 Å². The van der Waals surface area contributed by atoms with E-state index in [4.69, 9.17) is 9.47 Å². The van der Waals surface area contributed by atoms with Gasteiger partial charge in [-0.25, -0.2) is 0 Å². The molecule has 1 aliphatic heterocycles. The fourth-order valence-electron chi connectivity index (χ4n) is 4.74. The summed E-state index contributed by atoms with van der Waals surface area (Å²) in [6.07, 6.45) is 3.02. The lowest BCUT2D eigenvalue weighted by atomic mass is 9.70. The van der Waals surface area contributed by atoms with Crippen molar-refractivity contribution in [2.24, 2.45) is 0 Å². The van der Waals surface area contributed by atoms with E-state index >= 15 is 0 Å². The highest BCUT2D eigenvalue weighted by Gasteiger charge is 2.32. The number of benzene rings is 2. The van der Waals surface area contributed by atoms with E-state index in [1.165, 1.54) is 16.7 Å². The summed E-state index contributed by atoms with van der Waals surface area (Å²) >= 11 is 0. The second-order valence-corrected chi connectivity index (χ2v) is 12.7. The SMILES string of the molecule is CCC(CC)(c1ccc(CS(=O)C(C)(C)C)c(C)c1)c1ccc(OCC2CCC(=O)O2)c(C)c1. The van der Waals surface area contributed by atoms with Crippen molar-refractivity contribution in [2.45, 2.75) is 96.2 Å². The predicted octanol–water partition coefficient (Wildman–Crippen LogP) is 6.54. The fourth-order valence-corrected chi connectivity index (χ4v) is 5.78. The Morgan fingerprint density at radius 1 is 1.00 bits per heavy atom. The average Bonchev–Trinajstić information content (AvgIpc) is 3.20. The number of esters is 1. The van der Waals surface area contributed by atoms with E-state index in [-0.39, 0.29) is 22.2 Å². The van der Waals surface area contributed by atoms with Crippen molar-refractivity contribution in [1.82, 2.24) is 0 Å². The maximum absolute atomic E-state index is 12.7. The van der Waals surface area contributed by atoms with Crippen LogP contribution < -0.4 is 4.74 Å². The molecule has 2 unspecified atom stereocenters. The average molecular weight is 485 g/mol. The molecular formula is C29H40O4S. The van der Waals surface area contributed by atoms with E-state index < -0.39 is 10.8 Å². The Morgan fingerprint density at radius 3 is 2.12 bits per heavy atom. The largest absolute Gasteiger partial charge is 0.489 e. The van der Waals surface area contributed by atoms with Crippen molar-refractivity contribution in [2.75, 3.05) is 6.61 Å². The van der Waals surface area contributed by atoms with Gasteiger partial charge in [0.2, 0.25) is 0 Å². The molecule has 0 spiro atoms. The van der Waals surface area contributed by atoms with Gasteiger partial charge in [-0.1, -0.05) is 44.2 Å². The number of rotatable bonds is 9. The summed E-state index contributed by atoms with van der Waals surface area (Å²) in [4.78, 5) is 11.3. The van der Waals surface area contributed by atoms with Crippen LogP contribution in [0.25, 0.3) is 0 Å². The molecule has 1 saturated heterocycles. The second kappa shape index (κ2) is 10.6. The summed E-state index contributed by atoms with van der Waals surface area (Å²) in [5, 5.41) is 0. The molecule has 34 heavy (non-hydrogen) atoms. The van der Waals surface area contributed by atoms with Crippen molar-refractivity contribution >= 4 is 16.8 Å². The van der Waals surface area contributed by atoms with Gasteiger partial charge in [-0.15, -0.1) is 0 Å². The lowest BCUT2D eigenvalue weighted by Gasteiger charge is -2.34. The highest BCUT2D eigenvalue weighted by Crippen LogP contribution is 2.41. The summed E-state index contributed by atoms with van der Waals surface area (Å²) in [5.74, 6) is 1.29. The highest BCUT2D eigenvalue weighted by atomic mass is 32.2. The zero-order chi connectivity index (χ0) is 25.1. The predicted molar refractivity (Wildman–Crippen MR) is 140 cm³/mol. The van der Waals surface area contributed by atoms with Crippen molar-refractivity contribution in [3.05, 3.63) is 64.2 Å². The number of hydrogen-bond donors (Lipinski definition) is 0. The Bertz CT molecular complexity index is 1050. The Labute approximate surface area is 207 Å². The molecule has 0 aliphatic carbocycles. The second-order valence-electron chi connectivity index (χ2n) is 10.5. The Kier molecular flexibility index (Phi) is 8.28. The maximum Gasteiger partial charge on any atom is 0.306 e. The molecule has 1 aliphatic rings. The maximum atomic E-state index is 12.7. The first-order valence-electron chi connectivity index (χ1n) is 12.4. The molecule has 2 aromatic carbocycles. The van der Waals surface area contributed by atoms with Crippen LogP contribution in [0.2, 0.25) is 0 Å². The first-order valence-corrected chi connectivity index (χ1v) is 13.7. The summed E-state index contributed by atoms with van der Waals surface area (Å²) < 4.78 is 23.8. The van der Waals surface area contributed by atoms with Crippen LogP contribution in [-0.4, -0.2) is 27.6 Å². The van der Waals surface area contributed by atoms with E-state index in [9.17, 15) is 9.00 Å². The van der Waals surface area contributed by atoms with Crippen LogP contribution in [0.1, 0.15) is 88.1 Å². The summed E-state index contributed by atoms with van der Waals surface area (Å²) in [7, 11) is -0.918. The molecule has 2 atom stereocenters. The molecule has 0 aromatic heterocycles. The van der Waals surface area contributed by atoms with Gasteiger partial charge in [0, 0.05) is 33.1 Å². The number of carbonyl (C=O) groups excluding carboxylic acids is 1. The number of carbonyl (C=O) groups is 1. The van der Waals surface area contributed by atoms with Crippen LogP contribution in [0.15, 0.2) is 36.4 Å². The van der Waals surface area contributed by atoms with Crippen LogP contribution in [0, 0.1) is 13.8 Å². The van der Waals surface area contributed by atoms with Gasteiger partial charge in [-0.3, -0.25) is 9.00 Å². The molecule has 4 nitrogen and oxygen atoms in total. The quantitative estimate of drug-likeness (QED) is 0.379. The molecule has 0 radical (unpaired) electrons. The van der Waals surface area contributed by atoms with Crippen LogP contribution in [0.5, 0.6) is 5.75 Å². The van der Waals surface area contributed by atoms with Gasteiger partial charge in [0.25, 0.3) is 0 Å². The Balaban J connectivity index is 1.85. The Hall–Kier alpha value is -2.14. The third-order valence-corrected chi connectivity index (χ3v) is 9.13. The van der Waals surface area contributed by atoms with Crippen molar-refractivity contribution in [3.63, 3.8) is 0 Å². The van der Waals surface area contributed by atoms with Gasteiger partial charge in [0.15, 0.2) is 0 Å². The van der Waals surface area contributed by atoms with Crippen LogP contribution in [-0.2, 0) is 31.5 Å². The molecule has 0 saturated carbocycles. The summed E-state index contributed by atoms with van der Waals surface area (Å²) in [6, 6.07) is 13.1. The lowest BCUT2D eigenvalue weighted by molar-refractivity contribution is -0.142. The molecule has 186 valence electrons.